The first-order chi connectivity index (χ1) is 7.09. The van der Waals surface area contributed by atoms with Gasteiger partial charge in [0.15, 0.2) is 0 Å². The zero-order valence-corrected chi connectivity index (χ0v) is 11.1. The number of aliphatic imine (C=N–C) groups is 1. The van der Waals surface area contributed by atoms with Crippen molar-refractivity contribution in [1.29, 1.82) is 0 Å². The molecule has 0 aliphatic carbocycles. The number of phenolic OH excluding ortho intramolecular Hbond substituents is 1. The molecule has 0 atom stereocenters. The summed E-state index contributed by atoms with van der Waals surface area (Å²) in [6.45, 7) is 1.67. The number of rotatable bonds is 4. The SMILES string of the molecule is CN(C)CCN=Cc1cc(I)ccc1O. The maximum Gasteiger partial charge on any atom is 0.124 e. The van der Waals surface area contributed by atoms with Crippen molar-refractivity contribution in [3.8, 4) is 5.75 Å². The van der Waals surface area contributed by atoms with Crippen LogP contribution in [-0.4, -0.2) is 43.4 Å². The highest BCUT2D eigenvalue weighted by molar-refractivity contribution is 14.1. The third-order valence-electron chi connectivity index (χ3n) is 1.90. The molecule has 0 radical (unpaired) electrons. The number of hydrogen-bond donors (Lipinski definition) is 1. The van der Waals surface area contributed by atoms with E-state index in [4.69, 9.17) is 0 Å². The molecule has 1 aromatic carbocycles. The second-order valence-corrected chi connectivity index (χ2v) is 4.79. The van der Waals surface area contributed by atoms with Crippen LogP contribution in [-0.2, 0) is 0 Å². The van der Waals surface area contributed by atoms with Gasteiger partial charge in [-0.05, 0) is 54.9 Å². The molecule has 3 nitrogen and oxygen atoms in total. The zero-order valence-electron chi connectivity index (χ0n) is 8.94. The topological polar surface area (TPSA) is 35.8 Å². The number of hydrogen-bond acceptors (Lipinski definition) is 3. The molecule has 0 bridgehead atoms. The Bertz CT molecular complexity index is 350. The summed E-state index contributed by atoms with van der Waals surface area (Å²) < 4.78 is 1.10. The van der Waals surface area contributed by atoms with E-state index in [1.54, 1.807) is 12.3 Å². The quantitative estimate of drug-likeness (QED) is 0.681. The molecule has 0 spiro atoms. The number of halogens is 1. The molecule has 15 heavy (non-hydrogen) atoms. The largest absolute Gasteiger partial charge is 0.507 e. The van der Waals surface area contributed by atoms with Gasteiger partial charge in [-0.1, -0.05) is 0 Å². The summed E-state index contributed by atoms with van der Waals surface area (Å²) in [4.78, 5) is 6.33. The monoisotopic (exact) mass is 318 g/mol. The van der Waals surface area contributed by atoms with Crippen molar-refractivity contribution in [3.05, 3.63) is 27.3 Å². The minimum absolute atomic E-state index is 0.281. The lowest BCUT2D eigenvalue weighted by Gasteiger charge is -2.05. The number of nitrogens with zero attached hydrogens (tertiary/aromatic N) is 2. The first kappa shape index (κ1) is 12.4. The standard InChI is InChI=1S/C11H15IN2O/c1-14(2)6-5-13-8-9-7-10(12)3-4-11(9)15/h3-4,7-8,15H,5-6H2,1-2H3. The molecule has 1 rings (SSSR count). The van der Waals surface area contributed by atoms with Crippen LogP contribution < -0.4 is 0 Å². The first-order valence-electron chi connectivity index (χ1n) is 4.72. The highest BCUT2D eigenvalue weighted by Crippen LogP contribution is 2.17. The predicted octanol–water partition coefficient (Wildman–Crippen LogP) is 1.98. The van der Waals surface area contributed by atoms with Gasteiger partial charge in [-0.25, -0.2) is 0 Å². The van der Waals surface area contributed by atoms with Gasteiger partial charge in [-0.15, -0.1) is 0 Å². The Hall–Kier alpha value is -0.620. The number of aromatic hydroxyl groups is 1. The van der Waals surface area contributed by atoms with Crippen LogP contribution in [0.4, 0.5) is 0 Å². The average molecular weight is 318 g/mol. The third-order valence-corrected chi connectivity index (χ3v) is 2.57. The fraction of sp³-hybridized carbons (Fsp3) is 0.364. The van der Waals surface area contributed by atoms with E-state index < -0.39 is 0 Å². The molecule has 0 saturated heterocycles. The van der Waals surface area contributed by atoms with Gasteiger partial charge in [0.2, 0.25) is 0 Å². The van der Waals surface area contributed by atoms with Crippen LogP contribution in [0.25, 0.3) is 0 Å². The molecule has 0 aliphatic heterocycles. The molecule has 82 valence electrons. The van der Waals surface area contributed by atoms with Crippen molar-refractivity contribution in [1.82, 2.24) is 4.90 Å². The lowest BCUT2D eigenvalue weighted by molar-refractivity contribution is 0.421. The summed E-state index contributed by atoms with van der Waals surface area (Å²) >= 11 is 2.21. The van der Waals surface area contributed by atoms with Gasteiger partial charge >= 0.3 is 0 Å². The molecular weight excluding hydrogens is 303 g/mol. The van der Waals surface area contributed by atoms with Gasteiger partial charge in [-0.3, -0.25) is 4.99 Å². The molecular formula is C11H15IN2O. The third kappa shape index (κ3) is 4.61. The first-order valence-corrected chi connectivity index (χ1v) is 5.80. The number of benzene rings is 1. The highest BCUT2D eigenvalue weighted by Gasteiger charge is 1.97. The maximum atomic E-state index is 9.54. The Labute approximate surface area is 104 Å². The summed E-state index contributed by atoms with van der Waals surface area (Å²) in [5, 5.41) is 9.54. The average Bonchev–Trinajstić information content (AvgIpc) is 2.17. The number of phenols is 1. The van der Waals surface area contributed by atoms with Crippen LogP contribution in [0.5, 0.6) is 5.75 Å². The lowest BCUT2D eigenvalue weighted by Crippen LogP contribution is -2.15. The van der Waals surface area contributed by atoms with Crippen LogP contribution in [0, 0.1) is 3.57 Å². The van der Waals surface area contributed by atoms with E-state index in [2.05, 4.69) is 32.5 Å². The molecule has 0 aliphatic rings. The summed E-state index contributed by atoms with van der Waals surface area (Å²) in [5.41, 5.74) is 0.778. The van der Waals surface area contributed by atoms with E-state index in [0.717, 1.165) is 22.2 Å². The van der Waals surface area contributed by atoms with Gasteiger partial charge in [0.1, 0.15) is 5.75 Å². The van der Waals surface area contributed by atoms with Crippen molar-refractivity contribution in [2.75, 3.05) is 27.2 Å². The minimum atomic E-state index is 0.281. The Morgan fingerprint density at radius 2 is 2.20 bits per heavy atom. The Morgan fingerprint density at radius 3 is 2.87 bits per heavy atom. The van der Waals surface area contributed by atoms with Crippen LogP contribution in [0.15, 0.2) is 23.2 Å². The maximum absolute atomic E-state index is 9.54. The van der Waals surface area contributed by atoms with Gasteiger partial charge < -0.3 is 10.0 Å². The molecule has 0 amide bonds. The predicted molar refractivity (Wildman–Crippen MR) is 71.8 cm³/mol. The highest BCUT2D eigenvalue weighted by atomic mass is 127. The van der Waals surface area contributed by atoms with Crippen LogP contribution in [0.2, 0.25) is 0 Å². The van der Waals surface area contributed by atoms with Gasteiger partial charge in [0.05, 0.1) is 6.54 Å². The molecule has 0 saturated carbocycles. The summed E-state index contributed by atoms with van der Waals surface area (Å²) in [6, 6.07) is 5.47. The second kappa shape index (κ2) is 6.07. The summed E-state index contributed by atoms with van der Waals surface area (Å²) in [5.74, 6) is 0.281. The van der Waals surface area contributed by atoms with Gasteiger partial charge in [0.25, 0.3) is 0 Å². The smallest absolute Gasteiger partial charge is 0.124 e. The number of likely N-dealkylation sites (N-methyl/N-ethyl adjacent to an activating group) is 1. The lowest BCUT2D eigenvalue weighted by atomic mass is 10.2. The van der Waals surface area contributed by atoms with Crippen LogP contribution in [0.3, 0.4) is 0 Å². The molecule has 1 N–H and O–H groups in total. The van der Waals surface area contributed by atoms with Crippen molar-refractivity contribution in [3.63, 3.8) is 0 Å². The second-order valence-electron chi connectivity index (χ2n) is 3.54. The van der Waals surface area contributed by atoms with E-state index in [9.17, 15) is 5.11 Å². The Morgan fingerprint density at radius 1 is 1.47 bits per heavy atom. The summed E-state index contributed by atoms with van der Waals surface area (Å²) in [7, 11) is 4.02. The zero-order chi connectivity index (χ0) is 11.3. The summed E-state index contributed by atoms with van der Waals surface area (Å²) in [6.07, 6.45) is 1.72. The normalized spacial score (nSPS) is 11.5. The van der Waals surface area contributed by atoms with Gasteiger partial charge in [0, 0.05) is 21.9 Å². The molecule has 4 heteroatoms. The molecule has 0 heterocycles. The minimum Gasteiger partial charge on any atom is -0.507 e. The molecule has 0 fully saturated rings. The molecule has 1 aromatic rings. The Kier molecular flexibility index (Phi) is 5.04. The van der Waals surface area contributed by atoms with E-state index in [1.165, 1.54) is 0 Å². The molecule has 0 unspecified atom stereocenters. The van der Waals surface area contributed by atoms with Crippen molar-refractivity contribution in [2.45, 2.75) is 0 Å². The fourth-order valence-electron chi connectivity index (χ4n) is 1.05. The molecule has 0 aromatic heterocycles. The van der Waals surface area contributed by atoms with Crippen LogP contribution >= 0.6 is 22.6 Å². The van der Waals surface area contributed by atoms with E-state index >= 15 is 0 Å². The van der Waals surface area contributed by atoms with E-state index in [1.807, 2.05) is 26.2 Å². The van der Waals surface area contributed by atoms with Crippen molar-refractivity contribution >= 4 is 28.8 Å². The van der Waals surface area contributed by atoms with Crippen LogP contribution in [0.1, 0.15) is 5.56 Å². The Balaban J connectivity index is 2.59. The van der Waals surface area contributed by atoms with E-state index in [0.29, 0.717) is 0 Å². The van der Waals surface area contributed by atoms with Crippen molar-refractivity contribution in [2.24, 2.45) is 4.99 Å². The van der Waals surface area contributed by atoms with Gasteiger partial charge in [-0.2, -0.15) is 0 Å². The van der Waals surface area contributed by atoms with E-state index in [-0.39, 0.29) is 5.75 Å². The van der Waals surface area contributed by atoms with Crippen molar-refractivity contribution < 1.29 is 5.11 Å². The fourth-order valence-corrected chi connectivity index (χ4v) is 1.56.